The lowest BCUT2D eigenvalue weighted by atomic mass is 10.1. The molecular weight excluding hydrogens is 236 g/mol. The van der Waals surface area contributed by atoms with Crippen molar-refractivity contribution < 1.29 is 0 Å². The van der Waals surface area contributed by atoms with Crippen LogP contribution in [-0.2, 0) is 6.54 Å². The lowest BCUT2D eigenvalue weighted by Gasteiger charge is -2.14. The molecule has 0 amide bonds. The molecule has 1 aromatic carbocycles. The van der Waals surface area contributed by atoms with Crippen molar-refractivity contribution in [3.05, 3.63) is 59.1 Å². The third-order valence-corrected chi connectivity index (χ3v) is 3.41. The predicted molar refractivity (Wildman–Crippen MR) is 77.0 cm³/mol. The quantitative estimate of drug-likeness (QED) is 0.752. The molecular formula is C16H14N2O. The van der Waals surface area contributed by atoms with Crippen LogP contribution in [0.4, 0.5) is 0 Å². The second kappa shape index (κ2) is 4.66. The summed E-state index contributed by atoms with van der Waals surface area (Å²) in [6, 6.07) is 7.85. The molecule has 0 bridgehead atoms. The van der Waals surface area contributed by atoms with Crippen LogP contribution in [0.3, 0.4) is 0 Å². The Morgan fingerprint density at radius 2 is 2.05 bits per heavy atom. The maximum atomic E-state index is 12.5. The van der Waals surface area contributed by atoms with Crippen LogP contribution < -0.4 is 5.69 Å². The molecule has 0 spiro atoms. The Labute approximate surface area is 111 Å². The number of aromatic nitrogens is 2. The van der Waals surface area contributed by atoms with Crippen LogP contribution in [0.1, 0.15) is 12.5 Å². The van der Waals surface area contributed by atoms with Gasteiger partial charge in [0.25, 0.3) is 0 Å². The average Bonchev–Trinajstić information content (AvgIpc) is 2.73. The maximum Gasteiger partial charge on any atom is 0.330 e. The summed E-state index contributed by atoms with van der Waals surface area (Å²) in [6.07, 6.45) is 14.3. The summed E-state index contributed by atoms with van der Waals surface area (Å²) in [5, 5.41) is 0. The van der Waals surface area contributed by atoms with Gasteiger partial charge in [-0.15, -0.1) is 6.42 Å². The number of benzene rings is 1. The fourth-order valence-corrected chi connectivity index (χ4v) is 2.56. The first kappa shape index (κ1) is 11.6. The van der Waals surface area contributed by atoms with Crippen molar-refractivity contribution in [3.8, 4) is 12.3 Å². The minimum atomic E-state index is -0.0379. The first-order valence-corrected chi connectivity index (χ1v) is 6.29. The Kier molecular flexibility index (Phi) is 2.85. The SMILES string of the molecule is C#CCn1c(=O)n(C2C=CC=CC2)c2ccccc21. The zero-order valence-electron chi connectivity index (χ0n) is 10.5. The molecule has 0 saturated carbocycles. The molecule has 94 valence electrons. The molecule has 0 radical (unpaired) electrons. The van der Waals surface area contributed by atoms with E-state index < -0.39 is 0 Å². The zero-order chi connectivity index (χ0) is 13.2. The van der Waals surface area contributed by atoms with Crippen LogP contribution >= 0.6 is 0 Å². The molecule has 0 saturated heterocycles. The molecule has 0 fully saturated rings. The number of fused-ring (bicyclic) bond motifs is 1. The molecule has 1 aliphatic rings. The summed E-state index contributed by atoms with van der Waals surface area (Å²) >= 11 is 0. The van der Waals surface area contributed by atoms with Gasteiger partial charge in [-0.25, -0.2) is 4.79 Å². The number of terminal acetylenes is 1. The van der Waals surface area contributed by atoms with E-state index in [0.29, 0.717) is 6.54 Å². The van der Waals surface area contributed by atoms with Crippen molar-refractivity contribution in [1.82, 2.24) is 9.13 Å². The van der Waals surface area contributed by atoms with E-state index in [1.807, 2.05) is 47.1 Å². The minimum absolute atomic E-state index is 0.0379. The standard InChI is InChI=1S/C16H14N2O/c1-2-12-17-14-10-6-7-11-15(14)18(16(17)19)13-8-4-3-5-9-13/h1,3-8,10-11,13H,9,12H2. The summed E-state index contributed by atoms with van der Waals surface area (Å²) in [5.41, 5.74) is 1.80. The highest BCUT2D eigenvalue weighted by molar-refractivity contribution is 5.76. The number of imidazole rings is 1. The Hall–Kier alpha value is -2.47. The van der Waals surface area contributed by atoms with Gasteiger partial charge in [-0.2, -0.15) is 0 Å². The largest absolute Gasteiger partial charge is 0.330 e. The third-order valence-electron chi connectivity index (χ3n) is 3.41. The Balaban J connectivity index is 2.27. The molecule has 19 heavy (non-hydrogen) atoms. The number of rotatable bonds is 2. The average molecular weight is 250 g/mol. The Bertz CT molecular complexity index is 768. The van der Waals surface area contributed by atoms with Crippen molar-refractivity contribution in [2.24, 2.45) is 0 Å². The molecule has 3 rings (SSSR count). The number of para-hydroxylation sites is 2. The highest BCUT2D eigenvalue weighted by atomic mass is 16.1. The maximum absolute atomic E-state index is 12.5. The molecule has 1 aliphatic carbocycles. The van der Waals surface area contributed by atoms with E-state index in [4.69, 9.17) is 6.42 Å². The normalized spacial score (nSPS) is 17.7. The van der Waals surface area contributed by atoms with Crippen molar-refractivity contribution in [3.63, 3.8) is 0 Å². The lowest BCUT2D eigenvalue weighted by Crippen LogP contribution is -2.27. The van der Waals surface area contributed by atoms with Gasteiger partial charge in [0.05, 0.1) is 23.6 Å². The van der Waals surface area contributed by atoms with Crippen molar-refractivity contribution >= 4 is 11.0 Å². The molecule has 0 aliphatic heterocycles. The van der Waals surface area contributed by atoms with Crippen molar-refractivity contribution in [2.75, 3.05) is 0 Å². The lowest BCUT2D eigenvalue weighted by molar-refractivity contribution is 0.585. The van der Waals surface area contributed by atoms with Gasteiger partial charge in [-0.1, -0.05) is 42.4 Å². The highest BCUT2D eigenvalue weighted by Crippen LogP contribution is 2.22. The molecule has 1 heterocycles. The van der Waals surface area contributed by atoms with Crippen molar-refractivity contribution in [1.29, 1.82) is 0 Å². The predicted octanol–water partition coefficient (Wildman–Crippen LogP) is 2.49. The van der Waals surface area contributed by atoms with Gasteiger partial charge < -0.3 is 0 Å². The van der Waals surface area contributed by atoms with Crippen LogP contribution in [0.15, 0.2) is 53.4 Å². The van der Waals surface area contributed by atoms with Crippen LogP contribution in [0.5, 0.6) is 0 Å². The zero-order valence-corrected chi connectivity index (χ0v) is 10.5. The molecule has 3 heteroatoms. The van der Waals surface area contributed by atoms with Crippen LogP contribution in [0.2, 0.25) is 0 Å². The third kappa shape index (κ3) is 1.82. The summed E-state index contributed by atoms with van der Waals surface area (Å²) in [4.78, 5) is 12.5. The minimum Gasteiger partial charge on any atom is -0.285 e. The number of allylic oxidation sites excluding steroid dienone is 4. The van der Waals surface area contributed by atoms with E-state index in [1.165, 1.54) is 0 Å². The number of hydrogen-bond donors (Lipinski definition) is 0. The molecule has 2 aromatic rings. The molecule has 1 aromatic heterocycles. The van der Waals surface area contributed by atoms with E-state index in [9.17, 15) is 4.79 Å². The molecule has 1 unspecified atom stereocenters. The van der Waals surface area contributed by atoms with Crippen LogP contribution in [0.25, 0.3) is 11.0 Å². The van der Waals surface area contributed by atoms with Crippen LogP contribution in [-0.4, -0.2) is 9.13 Å². The summed E-state index contributed by atoms with van der Waals surface area (Å²) in [5.74, 6) is 2.55. The summed E-state index contributed by atoms with van der Waals surface area (Å²) in [7, 11) is 0. The topological polar surface area (TPSA) is 26.9 Å². The molecule has 0 N–H and O–H groups in total. The molecule has 1 atom stereocenters. The van der Waals surface area contributed by atoms with Gasteiger partial charge in [0.15, 0.2) is 0 Å². The van der Waals surface area contributed by atoms with E-state index in [-0.39, 0.29) is 11.7 Å². The second-order valence-electron chi connectivity index (χ2n) is 4.55. The number of hydrogen-bond acceptors (Lipinski definition) is 1. The van der Waals surface area contributed by atoms with Gasteiger partial charge in [-0.3, -0.25) is 9.13 Å². The summed E-state index contributed by atoms with van der Waals surface area (Å²) < 4.78 is 3.48. The van der Waals surface area contributed by atoms with Gasteiger partial charge in [-0.05, 0) is 18.6 Å². The molecule has 3 nitrogen and oxygen atoms in total. The smallest absolute Gasteiger partial charge is 0.285 e. The van der Waals surface area contributed by atoms with Gasteiger partial charge >= 0.3 is 5.69 Å². The first-order valence-electron chi connectivity index (χ1n) is 6.29. The van der Waals surface area contributed by atoms with Gasteiger partial charge in [0, 0.05) is 0 Å². The van der Waals surface area contributed by atoms with E-state index in [2.05, 4.69) is 12.0 Å². The monoisotopic (exact) mass is 250 g/mol. The highest BCUT2D eigenvalue weighted by Gasteiger charge is 2.17. The fourth-order valence-electron chi connectivity index (χ4n) is 2.56. The van der Waals surface area contributed by atoms with Gasteiger partial charge in [0.2, 0.25) is 0 Å². The van der Waals surface area contributed by atoms with E-state index in [0.717, 1.165) is 17.5 Å². The Morgan fingerprint density at radius 1 is 1.26 bits per heavy atom. The van der Waals surface area contributed by atoms with Crippen molar-refractivity contribution in [2.45, 2.75) is 19.0 Å². The number of nitrogens with zero attached hydrogens (tertiary/aromatic N) is 2. The Morgan fingerprint density at radius 3 is 2.74 bits per heavy atom. The summed E-state index contributed by atoms with van der Waals surface area (Å²) in [6.45, 7) is 0.304. The van der Waals surface area contributed by atoms with Crippen LogP contribution in [0, 0.1) is 12.3 Å². The van der Waals surface area contributed by atoms with Gasteiger partial charge in [0.1, 0.15) is 0 Å². The fraction of sp³-hybridized carbons (Fsp3) is 0.188. The second-order valence-corrected chi connectivity index (χ2v) is 4.55. The first-order chi connectivity index (χ1) is 9.33. The van der Waals surface area contributed by atoms with E-state index in [1.54, 1.807) is 4.57 Å². The van der Waals surface area contributed by atoms with E-state index >= 15 is 0 Å².